The molecule has 1 amide bonds. The van der Waals surface area contributed by atoms with Crippen molar-refractivity contribution in [3.05, 3.63) is 64.1 Å². The van der Waals surface area contributed by atoms with Gasteiger partial charge in [-0.25, -0.2) is 0 Å². The van der Waals surface area contributed by atoms with Gasteiger partial charge in [0.05, 0.1) is 6.42 Å². The number of anilines is 1. The van der Waals surface area contributed by atoms with E-state index < -0.39 is 18.0 Å². The fraction of sp³-hybridized carbons (Fsp3) is 0.250. The number of esters is 1. The smallest absolute Gasteiger partial charge is 0.307 e. The zero-order valence-corrected chi connectivity index (χ0v) is 16.2. The molecule has 0 unspecified atom stereocenters. The van der Waals surface area contributed by atoms with Gasteiger partial charge in [0.15, 0.2) is 11.9 Å². The van der Waals surface area contributed by atoms with Crippen LogP contribution in [-0.4, -0.2) is 23.8 Å². The minimum atomic E-state index is -0.948. The Labute approximate surface area is 160 Å². The number of halogens is 1. The van der Waals surface area contributed by atoms with Crippen LogP contribution in [0.3, 0.4) is 0 Å². The molecule has 0 saturated heterocycles. The van der Waals surface area contributed by atoms with E-state index in [9.17, 15) is 14.4 Å². The number of aryl methyl sites for hydroxylation is 1. The van der Waals surface area contributed by atoms with Gasteiger partial charge < -0.3 is 10.1 Å². The summed E-state index contributed by atoms with van der Waals surface area (Å²) in [6.07, 6.45) is -0.973. The van der Waals surface area contributed by atoms with E-state index in [0.717, 1.165) is 10.0 Å². The summed E-state index contributed by atoms with van der Waals surface area (Å²) in [6.45, 7) is 3.43. The predicted molar refractivity (Wildman–Crippen MR) is 103 cm³/mol. The molecule has 0 bridgehead atoms. The third kappa shape index (κ3) is 6.11. The predicted octanol–water partition coefficient (Wildman–Crippen LogP) is 4.29. The van der Waals surface area contributed by atoms with Gasteiger partial charge in [-0.3, -0.25) is 14.4 Å². The molecule has 26 heavy (non-hydrogen) atoms. The van der Waals surface area contributed by atoms with Crippen molar-refractivity contribution in [1.29, 1.82) is 0 Å². The molecule has 0 aliphatic rings. The third-order valence-corrected chi connectivity index (χ3v) is 4.19. The van der Waals surface area contributed by atoms with E-state index in [1.807, 2.05) is 25.1 Å². The van der Waals surface area contributed by atoms with Crippen LogP contribution in [-0.2, 0) is 14.3 Å². The lowest BCUT2D eigenvalue weighted by Gasteiger charge is -2.13. The van der Waals surface area contributed by atoms with Gasteiger partial charge in [0.2, 0.25) is 0 Å². The van der Waals surface area contributed by atoms with Gasteiger partial charge >= 0.3 is 5.97 Å². The molecule has 0 heterocycles. The Balaban J connectivity index is 1.80. The highest BCUT2D eigenvalue weighted by molar-refractivity contribution is 9.10. The molecule has 136 valence electrons. The topological polar surface area (TPSA) is 72.5 Å². The first-order valence-corrected chi connectivity index (χ1v) is 9.00. The van der Waals surface area contributed by atoms with Gasteiger partial charge in [0, 0.05) is 22.1 Å². The maximum absolute atomic E-state index is 12.1. The molecule has 1 N–H and O–H groups in total. The van der Waals surface area contributed by atoms with Crippen LogP contribution in [0.1, 0.15) is 35.7 Å². The lowest BCUT2D eigenvalue weighted by molar-refractivity contribution is -0.153. The summed E-state index contributed by atoms with van der Waals surface area (Å²) in [6, 6.07) is 14.3. The van der Waals surface area contributed by atoms with E-state index in [4.69, 9.17) is 4.74 Å². The Hall–Kier alpha value is -2.47. The summed E-state index contributed by atoms with van der Waals surface area (Å²) >= 11 is 3.32. The standard InChI is InChI=1S/C20H20BrNO4/c1-13-6-8-15(9-7-13)18(23)10-11-19(24)26-14(2)20(25)22-17-5-3-4-16(21)12-17/h3-9,12,14H,10-11H2,1-2H3,(H,22,25)/t14-/m1/s1. The zero-order valence-electron chi connectivity index (χ0n) is 14.6. The van der Waals surface area contributed by atoms with E-state index in [1.54, 1.807) is 30.3 Å². The second-order valence-corrected chi connectivity index (χ2v) is 6.84. The Morgan fingerprint density at radius 1 is 1.08 bits per heavy atom. The van der Waals surface area contributed by atoms with Crippen molar-refractivity contribution in [2.24, 2.45) is 0 Å². The van der Waals surface area contributed by atoms with Gasteiger partial charge in [-0.15, -0.1) is 0 Å². The first-order chi connectivity index (χ1) is 12.3. The molecule has 0 spiro atoms. The number of carbonyl (C=O) groups is 3. The molecule has 5 nitrogen and oxygen atoms in total. The fourth-order valence-corrected chi connectivity index (χ4v) is 2.62. The molecule has 0 saturated carbocycles. The number of amides is 1. The number of rotatable bonds is 7. The maximum Gasteiger partial charge on any atom is 0.307 e. The number of benzene rings is 2. The molecule has 6 heteroatoms. The van der Waals surface area contributed by atoms with Crippen LogP contribution in [0.4, 0.5) is 5.69 Å². The number of hydrogen-bond acceptors (Lipinski definition) is 4. The normalized spacial score (nSPS) is 11.5. The number of nitrogens with one attached hydrogen (secondary N) is 1. The first kappa shape index (κ1) is 19.8. The molecule has 0 fully saturated rings. The Bertz CT molecular complexity index is 802. The number of hydrogen-bond donors (Lipinski definition) is 1. The average Bonchev–Trinajstić information content (AvgIpc) is 2.60. The molecule has 0 aromatic heterocycles. The van der Waals surface area contributed by atoms with Crippen LogP contribution in [0.25, 0.3) is 0 Å². The van der Waals surface area contributed by atoms with Crippen molar-refractivity contribution < 1.29 is 19.1 Å². The molecule has 0 aliphatic heterocycles. The van der Waals surface area contributed by atoms with Crippen molar-refractivity contribution in [3.63, 3.8) is 0 Å². The summed E-state index contributed by atoms with van der Waals surface area (Å²) in [7, 11) is 0. The minimum Gasteiger partial charge on any atom is -0.453 e. The highest BCUT2D eigenvalue weighted by Crippen LogP contribution is 2.16. The number of Topliss-reactive ketones (excluding diaryl/α,β-unsaturated/α-hetero) is 1. The SMILES string of the molecule is Cc1ccc(C(=O)CCC(=O)O[C@H](C)C(=O)Nc2cccc(Br)c2)cc1. The van der Waals surface area contributed by atoms with E-state index in [2.05, 4.69) is 21.2 Å². The molecule has 0 aliphatic carbocycles. The third-order valence-electron chi connectivity index (χ3n) is 3.70. The van der Waals surface area contributed by atoms with Crippen molar-refractivity contribution in [1.82, 2.24) is 0 Å². The summed E-state index contributed by atoms with van der Waals surface area (Å²) in [4.78, 5) is 36.0. The van der Waals surface area contributed by atoms with Crippen LogP contribution in [0.2, 0.25) is 0 Å². The molecule has 2 aromatic carbocycles. The van der Waals surface area contributed by atoms with Gasteiger partial charge in [0.1, 0.15) is 0 Å². The first-order valence-electron chi connectivity index (χ1n) is 8.21. The van der Waals surface area contributed by atoms with E-state index >= 15 is 0 Å². The van der Waals surface area contributed by atoms with E-state index in [0.29, 0.717) is 11.3 Å². The fourth-order valence-electron chi connectivity index (χ4n) is 2.22. The quantitative estimate of drug-likeness (QED) is 0.538. The minimum absolute atomic E-state index is 0.0435. The summed E-state index contributed by atoms with van der Waals surface area (Å²) in [5, 5.41) is 2.67. The average molecular weight is 418 g/mol. The molecular formula is C20H20BrNO4. The summed E-state index contributed by atoms with van der Waals surface area (Å²) < 4.78 is 5.93. The molecular weight excluding hydrogens is 398 g/mol. The van der Waals surface area contributed by atoms with Crippen LogP contribution in [0, 0.1) is 6.92 Å². The number of ether oxygens (including phenoxy) is 1. The lowest BCUT2D eigenvalue weighted by Crippen LogP contribution is -2.30. The number of carbonyl (C=O) groups excluding carboxylic acids is 3. The van der Waals surface area contributed by atoms with Crippen LogP contribution >= 0.6 is 15.9 Å². The Kier molecular flexibility index (Phi) is 7.09. The highest BCUT2D eigenvalue weighted by Gasteiger charge is 2.19. The highest BCUT2D eigenvalue weighted by atomic mass is 79.9. The zero-order chi connectivity index (χ0) is 19.1. The largest absolute Gasteiger partial charge is 0.453 e. The lowest BCUT2D eigenvalue weighted by atomic mass is 10.1. The van der Waals surface area contributed by atoms with Crippen LogP contribution in [0.15, 0.2) is 53.0 Å². The van der Waals surface area contributed by atoms with Crippen LogP contribution in [0.5, 0.6) is 0 Å². The molecule has 1 atom stereocenters. The summed E-state index contributed by atoms with van der Waals surface area (Å²) in [5.74, 6) is -1.14. The number of ketones is 1. The molecule has 2 rings (SSSR count). The van der Waals surface area contributed by atoms with E-state index in [1.165, 1.54) is 6.92 Å². The van der Waals surface area contributed by atoms with Crippen molar-refractivity contribution >= 4 is 39.3 Å². The molecule has 0 radical (unpaired) electrons. The van der Waals surface area contributed by atoms with Gasteiger partial charge in [-0.1, -0.05) is 51.8 Å². The van der Waals surface area contributed by atoms with Gasteiger partial charge in [-0.05, 0) is 32.0 Å². The molecule has 2 aromatic rings. The van der Waals surface area contributed by atoms with Crippen molar-refractivity contribution in [2.75, 3.05) is 5.32 Å². The van der Waals surface area contributed by atoms with Crippen LogP contribution < -0.4 is 5.32 Å². The van der Waals surface area contributed by atoms with E-state index in [-0.39, 0.29) is 18.6 Å². The second kappa shape index (κ2) is 9.29. The monoisotopic (exact) mass is 417 g/mol. The van der Waals surface area contributed by atoms with Crippen molar-refractivity contribution in [3.8, 4) is 0 Å². The maximum atomic E-state index is 12.1. The Morgan fingerprint density at radius 2 is 1.77 bits per heavy atom. The van der Waals surface area contributed by atoms with Crippen molar-refractivity contribution in [2.45, 2.75) is 32.8 Å². The summed E-state index contributed by atoms with van der Waals surface area (Å²) in [5.41, 5.74) is 2.22. The van der Waals surface area contributed by atoms with Gasteiger partial charge in [0.25, 0.3) is 5.91 Å². The Morgan fingerprint density at radius 3 is 2.42 bits per heavy atom. The second-order valence-electron chi connectivity index (χ2n) is 5.92. The van der Waals surface area contributed by atoms with Gasteiger partial charge in [-0.2, -0.15) is 0 Å².